The molecule has 2 aromatic carbocycles. The van der Waals surface area contributed by atoms with E-state index < -0.39 is 12.0 Å². The molecule has 1 atom stereocenters. The van der Waals surface area contributed by atoms with Gasteiger partial charge < -0.3 is 5.11 Å². The summed E-state index contributed by atoms with van der Waals surface area (Å²) in [7, 11) is 0. The maximum Gasteiger partial charge on any atom is 0.273 e. The number of benzene rings is 2. The van der Waals surface area contributed by atoms with Crippen molar-refractivity contribution < 1.29 is 9.90 Å². The zero-order valence-electron chi connectivity index (χ0n) is 13.0. The van der Waals surface area contributed by atoms with Gasteiger partial charge in [0.15, 0.2) is 6.10 Å². The zero-order valence-corrected chi connectivity index (χ0v) is 13.0. The number of nitrogens with one attached hydrogen (secondary N) is 1. The number of rotatable bonds is 4. The Morgan fingerprint density at radius 1 is 1.14 bits per heavy atom. The third-order valence-corrected chi connectivity index (χ3v) is 3.47. The van der Waals surface area contributed by atoms with Gasteiger partial charge in [0.05, 0.1) is 5.71 Å². The molecule has 114 valence electrons. The molecule has 1 amide bonds. The van der Waals surface area contributed by atoms with E-state index in [1.165, 1.54) is 5.56 Å². The summed E-state index contributed by atoms with van der Waals surface area (Å²) >= 11 is 0. The number of aliphatic hydroxyl groups excluding tert-OH is 1. The van der Waals surface area contributed by atoms with Crippen molar-refractivity contribution in [3.05, 3.63) is 70.8 Å². The number of hydrogen-bond donors (Lipinski definition) is 2. The highest BCUT2D eigenvalue weighted by atomic mass is 16.3. The van der Waals surface area contributed by atoms with E-state index in [-0.39, 0.29) is 0 Å². The number of aryl methyl sites for hydroxylation is 2. The van der Waals surface area contributed by atoms with Gasteiger partial charge in [0.1, 0.15) is 0 Å². The average molecular weight is 296 g/mol. The van der Waals surface area contributed by atoms with Crippen molar-refractivity contribution in [2.75, 3.05) is 0 Å². The van der Waals surface area contributed by atoms with Crippen LogP contribution in [0.4, 0.5) is 0 Å². The Balaban J connectivity index is 2.09. The summed E-state index contributed by atoms with van der Waals surface area (Å²) in [6.07, 6.45) is -1.23. The molecule has 0 saturated carbocycles. The van der Waals surface area contributed by atoms with Gasteiger partial charge in [0, 0.05) is 5.56 Å². The smallest absolute Gasteiger partial charge is 0.273 e. The molecule has 0 spiro atoms. The van der Waals surface area contributed by atoms with Crippen molar-refractivity contribution >= 4 is 11.6 Å². The minimum Gasteiger partial charge on any atom is -0.378 e. The van der Waals surface area contributed by atoms with E-state index in [1.54, 1.807) is 24.3 Å². The number of amides is 1. The van der Waals surface area contributed by atoms with Crippen LogP contribution in [0.15, 0.2) is 53.6 Å². The van der Waals surface area contributed by atoms with E-state index in [4.69, 9.17) is 0 Å². The number of carbonyl (C=O) groups is 1. The van der Waals surface area contributed by atoms with Crippen LogP contribution in [0.2, 0.25) is 0 Å². The Morgan fingerprint density at radius 2 is 1.82 bits per heavy atom. The highest BCUT2D eigenvalue weighted by Crippen LogP contribution is 2.13. The third kappa shape index (κ3) is 3.80. The van der Waals surface area contributed by atoms with Gasteiger partial charge in [-0.1, -0.05) is 54.1 Å². The molecule has 22 heavy (non-hydrogen) atoms. The largest absolute Gasteiger partial charge is 0.378 e. The highest BCUT2D eigenvalue weighted by molar-refractivity contribution is 6.00. The Morgan fingerprint density at radius 3 is 2.45 bits per heavy atom. The van der Waals surface area contributed by atoms with Crippen LogP contribution in [0.3, 0.4) is 0 Å². The van der Waals surface area contributed by atoms with Crippen molar-refractivity contribution in [2.45, 2.75) is 26.9 Å². The van der Waals surface area contributed by atoms with E-state index in [0.717, 1.165) is 11.1 Å². The zero-order chi connectivity index (χ0) is 16.1. The molecular formula is C18H20N2O2. The van der Waals surface area contributed by atoms with Gasteiger partial charge in [0.2, 0.25) is 0 Å². The van der Waals surface area contributed by atoms with Crippen LogP contribution >= 0.6 is 0 Å². The van der Waals surface area contributed by atoms with Crippen molar-refractivity contribution in [1.82, 2.24) is 5.43 Å². The standard InChI is InChI=1S/C18H20N2O2/c1-12-9-10-16(13(2)11-12)14(3)19-20-18(22)17(21)15-7-5-4-6-8-15/h4-11,17,21H,1-3H3,(H,20,22)/b19-14+. The van der Waals surface area contributed by atoms with Gasteiger partial charge in [-0.15, -0.1) is 0 Å². The molecule has 0 saturated heterocycles. The van der Waals surface area contributed by atoms with Gasteiger partial charge in [-0.3, -0.25) is 4.79 Å². The van der Waals surface area contributed by atoms with Crippen molar-refractivity contribution in [3.8, 4) is 0 Å². The van der Waals surface area contributed by atoms with E-state index in [0.29, 0.717) is 11.3 Å². The highest BCUT2D eigenvalue weighted by Gasteiger charge is 2.16. The number of hydrazone groups is 1. The van der Waals surface area contributed by atoms with Crippen molar-refractivity contribution in [2.24, 2.45) is 5.10 Å². The maximum absolute atomic E-state index is 12.0. The summed E-state index contributed by atoms with van der Waals surface area (Å²) in [5.74, 6) is -0.546. The Bertz CT molecular complexity index is 693. The van der Waals surface area contributed by atoms with Crippen LogP contribution in [0, 0.1) is 13.8 Å². The normalized spacial score (nSPS) is 12.8. The van der Waals surface area contributed by atoms with Crippen LogP contribution in [-0.4, -0.2) is 16.7 Å². The molecule has 0 heterocycles. The second-order valence-corrected chi connectivity index (χ2v) is 5.30. The Hall–Kier alpha value is -2.46. The average Bonchev–Trinajstić information content (AvgIpc) is 2.52. The SMILES string of the molecule is C/C(=N\NC(=O)C(O)c1ccccc1)c1ccc(C)cc1C. The van der Waals surface area contributed by atoms with Crippen molar-refractivity contribution in [1.29, 1.82) is 0 Å². The Labute approximate surface area is 130 Å². The van der Waals surface area contributed by atoms with E-state index >= 15 is 0 Å². The number of carbonyl (C=O) groups excluding carboxylic acids is 1. The molecule has 2 aromatic rings. The molecule has 0 fully saturated rings. The van der Waals surface area contributed by atoms with E-state index in [9.17, 15) is 9.90 Å². The van der Waals surface area contributed by atoms with E-state index in [1.807, 2.05) is 39.0 Å². The number of hydrogen-bond acceptors (Lipinski definition) is 3. The first-order valence-electron chi connectivity index (χ1n) is 7.14. The van der Waals surface area contributed by atoms with Gasteiger partial charge in [0.25, 0.3) is 5.91 Å². The van der Waals surface area contributed by atoms with Gasteiger partial charge in [-0.2, -0.15) is 5.10 Å². The van der Waals surface area contributed by atoms with Crippen LogP contribution in [0.5, 0.6) is 0 Å². The van der Waals surface area contributed by atoms with Crippen LogP contribution in [-0.2, 0) is 4.79 Å². The Kier molecular flexibility index (Phi) is 5.07. The van der Waals surface area contributed by atoms with Crippen LogP contribution < -0.4 is 5.43 Å². The van der Waals surface area contributed by atoms with Crippen LogP contribution in [0.1, 0.15) is 35.3 Å². The second kappa shape index (κ2) is 7.00. The summed E-state index contributed by atoms with van der Waals surface area (Å²) in [5, 5.41) is 14.1. The van der Waals surface area contributed by atoms with Crippen molar-refractivity contribution in [3.63, 3.8) is 0 Å². The molecule has 0 aliphatic carbocycles. The van der Waals surface area contributed by atoms with E-state index in [2.05, 4.69) is 16.6 Å². The predicted molar refractivity (Wildman–Crippen MR) is 87.7 cm³/mol. The fourth-order valence-corrected chi connectivity index (χ4v) is 2.27. The molecule has 0 radical (unpaired) electrons. The molecule has 0 aliphatic rings. The lowest BCUT2D eigenvalue weighted by Crippen LogP contribution is -2.26. The summed E-state index contributed by atoms with van der Waals surface area (Å²) in [6, 6.07) is 14.8. The monoisotopic (exact) mass is 296 g/mol. The first-order chi connectivity index (χ1) is 10.5. The first-order valence-corrected chi connectivity index (χ1v) is 7.14. The lowest BCUT2D eigenvalue weighted by Gasteiger charge is -2.10. The quantitative estimate of drug-likeness (QED) is 0.673. The maximum atomic E-state index is 12.0. The first kappa shape index (κ1) is 15.9. The molecule has 4 nitrogen and oxygen atoms in total. The van der Waals surface area contributed by atoms with Gasteiger partial charge in [-0.05, 0) is 31.9 Å². The minimum atomic E-state index is -1.23. The second-order valence-electron chi connectivity index (χ2n) is 5.30. The number of nitrogens with zero attached hydrogens (tertiary/aromatic N) is 1. The molecular weight excluding hydrogens is 276 g/mol. The third-order valence-electron chi connectivity index (χ3n) is 3.47. The van der Waals surface area contributed by atoms with Crippen LogP contribution in [0.25, 0.3) is 0 Å². The molecule has 4 heteroatoms. The molecule has 0 bridgehead atoms. The number of aliphatic hydroxyl groups is 1. The fourth-order valence-electron chi connectivity index (χ4n) is 2.27. The van der Waals surface area contributed by atoms with Gasteiger partial charge in [-0.25, -0.2) is 5.43 Å². The molecule has 1 unspecified atom stereocenters. The van der Waals surface area contributed by atoms with Gasteiger partial charge >= 0.3 is 0 Å². The minimum absolute atomic E-state index is 0.541. The lowest BCUT2D eigenvalue weighted by molar-refractivity contribution is -0.129. The molecule has 2 rings (SSSR count). The molecule has 2 N–H and O–H groups in total. The lowest BCUT2D eigenvalue weighted by atomic mass is 10.0. The summed E-state index contributed by atoms with van der Waals surface area (Å²) in [4.78, 5) is 12.0. The molecule has 0 aromatic heterocycles. The topological polar surface area (TPSA) is 61.7 Å². The summed E-state index contributed by atoms with van der Waals surface area (Å²) < 4.78 is 0. The summed E-state index contributed by atoms with van der Waals surface area (Å²) in [5.41, 5.74) is 6.91. The fraction of sp³-hybridized carbons (Fsp3) is 0.222. The summed E-state index contributed by atoms with van der Waals surface area (Å²) in [6.45, 7) is 5.86. The molecule has 0 aliphatic heterocycles. The predicted octanol–water partition coefficient (Wildman–Crippen LogP) is 2.88.